The van der Waals surface area contributed by atoms with Crippen molar-refractivity contribution in [3.05, 3.63) is 12.4 Å². The van der Waals surface area contributed by atoms with Gasteiger partial charge in [0.05, 0.1) is 12.2 Å². The first-order chi connectivity index (χ1) is 9.29. The van der Waals surface area contributed by atoms with E-state index in [0.717, 1.165) is 25.7 Å². The Morgan fingerprint density at radius 1 is 1.32 bits per heavy atom. The number of nitrogens with zero attached hydrogens (tertiary/aromatic N) is 2. The first kappa shape index (κ1) is 13.6. The minimum Gasteiger partial charge on any atom is -0.471 e. The molecule has 1 heterocycles. The van der Waals surface area contributed by atoms with Crippen LogP contribution in [0.4, 0.5) is 0 Å². The van der Waals surface area contributed by atoms with E-state index in [2.05, 4.69) is 21.8 Å². The van der Waals surface area contributed by atoms with Crippen LogP contribution in [-0.4, -0.2) is 33.9 Å². The molecule has 1 aliphatic rings. The summed E-state index contributed by atoms with van der Waals surface area (Å²) >= 11 is 0. The molecule has 19 heavy (non-hydrogen) atoms. The highest BCUT2D eigenvalue weighted by atomic mass is 16.5. The molecule has 0 aliphatic heterocycles. The molecule has 1 aliphatic carbocycles. The number of aromatic nitrogens is 2. The largest absolute Gasteiger partial charge is 0.471 e. The molecule has 2 atom stereocenters. The van der Waals surface area contributed by atoms with Crippen LogP contribution in [-0.2, 0) is 0 Å². The number of aliphatic hydroxyl groups is 1. The second-order valence-corrected chi connectivity index (χ2v) is 4.42. The average Bonchev–Trinajstić information content (AvgIpc) is 2.42. The molecule has 1 aromatic rings. The molecule has 0 spiro atoms. The molecule has 0 aromatic carbocycles. The zero-order valence-electron chi connectivity index (χ0n) is 11.0. The Morgan fingerprint density at radius 2 is 2.11 bits per heavy atom. The lowest BCUT2D eigenvalue weighted by molar-refractivity contribution is 0.00428. The first-order valence-electron chi connectivity index (χ1n) is 6.49. The third-order valence-electron chi connectivity index (χ3n) is 3.03. The monoisotopic (exact) mass is 262 g/mol. The van der Waals surface area contributed by atoms with Crippen LogP contribution >= 0.6 is 0 Å². The van der Waals surface area contributed by atoms with E-state index in [0.29, 0.717) is 18.4 Å². The van der Waals surface area contributed by atoms with Gasteiger partial charge in [0.1, 0.15) is 12.4 Å². The molecule has 5 nitrogen and oxygen atoms in total. The number of aliphatic hydroxyl groups excluding tert-OH is 1. The molecule has 0 bridgehead atoms. The van der Waals surface area contributed by atoms with Gasteiger partial charge in [-0.25, -0.2) is 9.97 Å². The Hall–Kier alpha value is -1.80. The highest BCUT2D eigenvalue weighted by Crippen LogP contribution is 2.23. The summed E-state index contributed by atoms with van der Waals surface area (Å²) in [7, 11) is 0. The zero-order valence-corrected chi connectivity index (χ0v) is 11.0. The highest BCUT2D eigenvalue weighted by Gasteiger charge is 2.25. The van der Waals surface area contributed by atoms with Crippen LogP contribution in [0, 0.1) is 11.8 Å². The van der Waals surface area contributed by atoms with Gasteiger partial charge in [0.25, 0.3) is 0 Å². The lowest BCUT2D eigenvalue weighted by Crippen LogP contribution is -2.34. The van der Waals surface area contributed by atoms with E-state index in [1.54, 1.807) is 13.0 Å². The van der Waals surface area contributed by atoms with E-state index >= 15 is 0 Å². The van der Waals surface area contributed by atoms with Crippen molar-refractivity contribution in [3.63, 3.8) is 0 Å². The number of hydrogen-bond donors (Lipinski definition) is 1. The number of ether oxygens (including phenoxy) is 2. The summed E-state index contributed by atoms with van der Waals surface area (Å²) in [5, 5.41) is 9.85. The maximum absolute atomic E-state index is 9.85. The topological polar surface area (TPSA) is 64.5 Å². The molecule has 0 saturated heterocycles. The van der Waals surface area contributed by atoms with Gasteiger partial charge < -0.3 is 14.6 Å². The lowest BCUT2D eigenvalue weighted by atomic mass is 9.95. The third kappa shape index (κ3) is 4.11. The number of hydrogen-bond acceptors (Lipinski definition) is 5. The minimum absolute atomic E-state index is 0.188. The van der Waals surface area contributed by atoms with Crippen LogP contribution in [0.2, 0.25) is 0 Å². The first-order valence-corrected chi connectivity index (χ1v) is 6.49. The van der Waals surface area contributed by atoms with Gasteiger partial charge in [-0.05, 0) is 26.2 Å². The summed E-state index contributed by atoms with van der Waals surface area (Å²) in [4.78, 5) is 8.02. The van der Waals surface area contributed by atoms with Crippen LogP contribution in [0.15, 0.2) is 12.4 Å². The van der Waals surface area contributed by atoms with Crippen molar-refractivity contribution in [2.24, 2.45) is 0 Å². The predicted molar refractivity (Wildman–Crippen MR) is 69.9 cm³/mol. The molecule has 5 heteroatoms. The fourth-order valence-corrected chi connectivity index (χ4v) is 2.02. The van der Waals surface area contributed by atoms with Crippen molar-refractivity contribution in [2.75, 3.05) is 6.61 Å². The van der Waals surface area contributed by atoms with E-state index in [9.17, 15) is 5.11 Å². The average molecular weight is 262 g/mol. The summed E-state index contributed by atoms with van der Waals surface area (Å²) in [6.45, 7) is 2.04. The van der Waals surface area contributed by atoms with Crippen molar-refractivity contribution < 1.29 is 14.6 Å². The zero-order chi connectivity index (χ0) is 13.5. The van der Waals surface area contributed by atoms with Gasteiger partial charge in [0.2, 0.25) is 11.8 Å². The Labute approximate surface area is 113 Å². The Morgan fingerprint density at radius 3 is 2.89 bits per heavy atom. The molecule has 2 rings (SSSR count). The molecule has 0 amide bonds. The quantitative estimate of drug-likeness (QED) is 0.834. The SMILES string of the molecule is CC#CCOc1cc(O[C@@H]2CCCC[C@@H]2O)ncn1. The standard InChI is InChI=1S/C14H18N2O3/c1-2-3-8-18-13-9-14(16-10-15-13)19-12-7-5-4-6-11(12)17/h9-12,17H,4-8H2,1H3/t11-,12+/m0/s1. The molecule has 1 saturated carbocycles. The molecule has 0 unspecified atom stereocenters. The highest BCUT2D eigenvalue weighted by molar-refractivity contribution is 5.19. The minimum atomic E-state index is -0.418. The van der Waals surface area contributed by atoms with Crippen molar-refractivity contribution in [1.29, 1.82) is 0 Å². The fraction of sp³-hybridized carbons (Fsp3) is 0.571. The normalized spacial score (nSPS) is 22.2. The maximum atomic E-state index is 9.85. The van der Waals surface area contributed by atoms with E-state index in [-0.39, 0.29) is 6.10 Å². The van der Waals surface area contributed by atoms with E-state index in [1.165, 1.54) is 6.33 Å². The summed E-state index contributed by atoms with van der Waals surface area (Å²) in [6.07, 6.45) is 4.54. The second-order valence-electron chi connectivity index (χ2n) is 4.42. The van der Waals surface area contributed by atoms with E-state index in [4.69, 9.17) is 9.47 Å². The smallest absolute Gasteiger partial charge is 0.221 e. The Kier molecular flexibility index (Phi) is 4.99. The van der Waals surface area contributed by atoms with Gasteiger partial charge in [-0.3, -0.25) is 0 Å². The van der Waals surface area contributed by atoms with Gasteiger partial charge in [0.15, 0.2) is 6.61 Å². The third-order valence-corrected chi connectivity index (χ3v) is 3.03. The summed E-state index contributed by atoms with van der Waals surface area (Å²) in [5.74, 6) is 6.39. The van der Waals surface area contributed by atoms with Crippen molar-refractivity contribution in [1.82, 2.24) is 9.97 Å². The van der Waals surface area contributed by atoms with Gasteiger partial charge in [0, 0.05) is 0 Å². The number of rotatable bonds is 4. The van der Waals surface area contributed by atoms with Crippen LogP contribution in [0.5, 0.6) is 11.8 Å². The van der Waals surface area contributed by atoms with Crippen LogP contribution in [0.3, 0.4) is 0 Å². The van der Waals surface area contributed by atoms with Gasteiger partial charge in [-0.1, -0.05) is 12.3 Å². The summed E-state index contributed by atoms with van der Waals surface area (Å²) in [5.41, 5.74) is 0. The molecule has 102 valence electrons. The fourth-order valence-electron chi connectivity index (χ4n) is 2.02. The van der Waals surface area contributed by atoms with Gasteiger partial charge in [-0.2, -0.15) is 0 Å². The molecule has 1 N–H and O–H groups in total. The molecular weight excluding hydrogens is 244 g/mol. The molecule has 1 fully saturated rings. The van der Waals surface area contributed by atoms with Crippen molar-refractivity contribution >= 4 is 0 Å². The van der Waals surface area contributed by atoms with E-state index in [1.807, 2.05) is 0 Å². The molecule has 1 aromatic heterocycles. The summed E-state index contributed by atoms with van der Waals surface area (Å²) < 4.78 is 11.0. The molecular formula is C14H18N2O3. The second kappa shape index (κ2) is 6.95. The Bertz CT molecular complexity index is 467. The van der Waals surface area contributed by atoms with Gasteiger partial charge in [-0.15, -0.1) is 5.92 Å². The van der Waals surface area contributed by atoms with Crippen molar-refractivity contribution in [3.8, 4) is 23.6 Å². The Balaban J connectivity index is 1.95. The summed E-state index contributed by atoms with van der Waals surface area (Å²) in [6, 6.07) is 1.62. The van der Waals surface area contributed by atoms with Crippen LogP contribution < -0.4 is 9.47 Å². The molecule has 0 radical (unpaired) electrons. The lowest BCUT2D eigenvalue weighted by Gasteiger charge is -2.27. The maximum Gasteiger partial charge on any atom is 0.221 e. The van der Waals surface area contributed by atoms with E-state index < -0.39 is 6.10 Å². The van der Waals surface area contributed by atoms with Gasteiger partial charge >= 0.3 is 0 Å². The van der Waals surface area contributed by atoms with Crippen LogP contribution in [0.25, 0.3) is 0 Å². The van der Waals surface area contributed by atoms with Crippen molar-refractivity contribution in [2.45, 2.75) is 44.8 Å². The predicted octanol–water partition coefficient (Wildman–Crippen LogP) is 1.56. The van der Waals surface area contributed by atoms with Crippen LogP contribution in [0.1, 0.15) is 32.6 Å².